The van der Waals surface area contributed by atoms with Gasteiger partial charge in [-0.1, -0.05) is 30.0 Å². The quantitative estimate of drug-likeness (QED) is 0.429. The molecule has 1 aromatic heterocycles. The number of aliphatic carboxylic acids is 1. The number of carbonyl (C=O) groups excluding carboxylic acids is 2. The molecule has 0 saturated carbocycles. The summed E-state index contributed by atoms with van der Waals surface area (Å²) in [5.41, 5.74) is 1.20. The van der Waals surface area contributed by atoms with Gasteiger partial charge in [-0.05, 0) is 47.2 Å². The van der Waals surface area contributed by atoms with Crippen LogP contribution in [0.5, 0.6) is 0 Å². The van der Waals surface area contributed by atoms with Crippen molar-refractivity contribution < 1.29 is 33.4 Å². The van der Waals surface area contributed by atoms with Crippen LogP contribution < -0.4 is 0 Å². The Bertz CT molecular complexity index is 1230. The highest BCUT2D eigenvalue weighted by Gasteiger charge is 2.36. The number of carboxylic acids is 1. The summed E-state index contributed by atoms with van der Waals surface area (Å²) in [6.07, 6.45) is 0.827. The zero-order chi connectivity index (χ0) is 25.3. The van der Waals surface area contributed by atoms with Crippen LogP contribution in [0.2, 0.25) is 0 Å². The molecule has 35 heavy (non-hydrogen) atoms. The predicted octanol–water partition coefficient (Wildman–Crippen LogP) is 3.58. The number of rotatable bonds is 6. The second-order valence-electron chi connectivity index (χ2n) is 8.09. The first-order chi connectivity index (χ1) is 16.6. The van der Waals surface area contributed by atoms with Crippen molar-refractivity contribution in [2.24, 2.45) is 5.92 Å². The Balaban J connectivity index is 1.39. The van der Waals surface area contributed by atoms with Crippen LogP contribution in [0.4, 0.5) is 8.78 Å². The topological polar surface area (TPSA) is 98.2 Å². The fourth-order valence-electron chi connectivity index (χ4n) is 3.85. The van der Waals surface area contributed by atoms with Crippen LogP contribution in [0.25, 0.3) is 17.2 Å². The number of likely N-dealkylation sites (tertiary alicyclic amines) is 1. The van der Waals surface area contributed by atoms with Gasteiger partial charge in [0.25, 0.3) is 5.91 Å². The maximum Gasteiger partial charge on any atom is 0.310 e. The first kappa shape index (κ1) is 25.4. The van der Waals surface area contributed by atoms with Crippen molar-refractivity contribution in [1.29, 1.82) is 0 Å². The molecule has 2 aliphatic heterocycles. The molecule has 0 bridgehead atoms. The van der Waals surface area contributed by atoms with E-state index in [1.807, 2.05) is 0 Å². The summed E-state index contributed by atoms with van der Waals surface area (Å²) in [5, 5.41) is 20.8. The van der Waals surface area contributed by atoms with E-state index in [-0.39, 0.29) is 44.3 Å². The second kappa shape index (κ2) is 10.5. The van der Waals surface area contributed by atoms with E-state index in [1.165, 1.54) is 27.2 Å². The summed E-state index contributed by atoms with van der Waals surface area (Å²) < 4.78 is 27.0. The molecule has 0 unspecified atom stereocenters. The fraction of sp³-hybridized carbons (Fsp3) is 0.304. The van der Waals surface area contributed by atoms with E-state index in [4.69, 9.17) is 12.2 Å². The Hall–Kier alpha value is -2.67. The number of carbonyl (C=O) groups is 3. The highest BCUT2D eigenvalue weighted by molar-refractivity contribution is 8.26. The minimum atomic E-state index is -1.15. The number of aliphatic hydroxyl groups is 1. The summed E-state index contributed by atoms with van der Waals surface area (Å²) in [4.78, 5) is 40.6. The van der Waals surface area contributed by atoms with Gasteiger partial charge >= 0.3 is 5.97 Å². The van der Waals surface area contributed by atoms with E-state index in [0.717, 1.165) is 28.8 Å². The van der Waals surface area contributed by atoms with Crippen molar-refractivity contribution in [3.63, 3.8) is 0 Å². The molecule has 2 fully saturated rings. The maximum atomic E-state index is 13.5. The Kier molecular flexibility index (Phi) is 7.64. The zero-order valence-corrected chi connectivity index (χ0v) is 20.6. The molecule has 2 N–H and O–H groups in total. The normalized spacial score (nSPS) is 21.7. The van der Waals surface area contributed by atoms with Crippen molar-refractivity contribution in [3.05, 3.63) is 51.1 Å². The Morgan fingerprint density at radius 2 is 1.97 bits per heavy atom. The van der Waals surface area contributed by atoms with Crippen LogP contribution >= 0.6 is 35.3 Å². The minimum Gasteiger partial charge on any atom is -0.481 e. The van der Waals surface area contributed by atoms with Crippen LogP contribution in [-0.2, 0) is 14.4 Å². The molecule has 184 valence electrons. The van der Waals surface area contributed by atoms with Gasteiger partial charge in [-0.15, -0.1) is 11.3 Å². The molecule has 2 atom stereocenters. The van der Waals surface area contributed by atoms with Crippen LogP contribution in [0, 0.1) is 17.6 Å². The van der Waals surface area contributed by atoms with Gasteiger partial charge in [-0.2, -0.15) is 0 Å². The molecule has 3 heterocycles. The number of benzene rings is 1. The Morgan fingerprint density at radius 3 is 2.69 bits per heavy atom. The number of nitrogens with zero attached hydrogens (tertiary/aromatic N) is 2. The van der Waals surface area contributed by atoms with Gasteiger partial charge in [0.1, 0.15) is 10.2 Å². The monoisotopic (exact) mass is 538 g/mol. The number of carboxylic acid groups (broad SMARTS) is 1. The standard InChI is InChI=1S/C23H20F2N2O5S3/c24-16-2-1-12(8-17(16)25)13-7-14(34-11-13)9-19-21(30)27(23(33)35-19)6-4-20(29)26-5-3-18(28)15(10-26)22(31)32/h1-2,7-9,11,15,18,28H,3-6,10H2,(H,31,32)/t15-,18+/m0/s1. The lowest BCUT2D eigenvalue weighted by molar-refractivity contribution is -0.151. The molecule has 4 rings (SSSR count). The molecule has 1 aromatic carbocycles. The van der Waals surface area contributed by atoms with Crippen LogP contribution in [0.1, 0.15) is 17.7 Å². The summed E-state index contributed by atoms with van der Waals surface area (Å²) in [6, 6.07) is 5.40. The number of piperidine rings is 1. The average Bonchev–Trinajstić information content (AvgIpc) is 3.38. The lowest BCUT2D eigenvalue weighted by Gasteiger charge is -2.34. The van der Waals surface area contributed by atoms with Crippen molar-refractivity contribution >= 4 is 63.5 Å². The number of aliphatic hydroxyl groups excluding tert-OH is 1. The van der Waals surface area contributed by atoms with E-state index >= 15 is 0 Å². The highest BCUT2D eigenvalue weighted by Crippen LogP contribution is 2.35. The third-order valence-corrected chi connectivity index (χ3v) is 8.07. The predicted molar refractivity (Wildman–Crippen MR) is 132 cm³/mol. The van der Waals surface area contributed by atoms with E-state index < -0.39 is 29.6 Å². The average molecular weight is 539 g/mol. The molecule has 2 aliphatic rings. The van der Waals surface area contributed by atoms with Gasteiger partial charge in [-0.25, -0.2) is 8.78 Å². The molecule has 2 aromatic rings. The first-order valence-electron chi connectivity index (χ1n) is 10.6. The summed E-state index contributed by atoms with van der Waals surface area (Å²) in [7, 11) is 0. The summed E-state index contributed by atoms with van der Waals surface area (Å²) in [6.45, 7) is 0.231. The van der Waals surface area contributed by atoms with Gasteiger partial charge in [0.05, 0.1) is 11.0 Å². The van der Waals surface area contributed by atoms with E-state index in [9.17, 15) is 33.4 Å². The van der Waals surface area contributed by atoms with Gasteiger partial charge in [-0.3, -0.25) is 19.3 Å². The van der Waals surface area contributed by atoms with Gasteiger partial charge < -0.3 is 15.1 Å². The summed E-state index contributed by atoms with van der Waals surface area (Å²) >= 11 is 7.76. The fourth-order valence-corrected chi connectivity index (χ4v) is 6.07. The van der Waals surface area contributed by atoms with Crippen molar-refractivity contribution in [3.8, 4) is 11.1 Å². The molecule has 0 aliphatic carbocycles. The third-order valence-electron chi connectivity index (χ3n) is 5.82. The third kappa shape index (κ3) is 5.61. The zero-order valence-electron chi connectivity index (χ0n) is 18.1. The number of hydrogen-bond acceptors (Lipinski definition) is 7. The highest BCUT2D eigenvalue weighted by atomic mass is 32.2. The van der Waals surface area contributed by atoms with Crippen molar-refractivity contribution in [2.75, 3.05) is 19.6 Å². The lowest BCUT2D eigenvalue weighted by atomic mass is 9.94. The molecular formula is C23H20F2N2O5S3. The van der Waals surface area contributed by atoms with Gasteiger partial charge in [0.15, 0.2) is 11.6 Å². The molecule has 0 radical (unpaired) electrons. The van der Waals surface area contributed by atoms with E-state index in [0.29, 0.717) is 20.4 Å². The number of thioether (sulfide) groups is 1. The molecular weight excluding hydrogens is 518 g/mol. The Labute approximate surface area is 213 Å². The number of amides is 2. The number of hydrogen-bond donors (Lipinski definition) is 2. The molecule has 2 saturated heterocycles. The smallest absolute Gasteiger partial charge is 0.310 e. The van der Waals surface area contributed by atoms with Gasteiger partial charge in [0.2, 0.25) is 5.91 Å². The Morgan fingerprint density at radius 1 is 1.20 bits per heavy atom. The SMILES string of the molecule is O=C(O)[C@H]1CN(C(=O)CCN2C(=O)C(=Cc3cc(-c4ccc(F)c(F)c4)cs3)SC2=S)CC[C@H]1O. The molecule has 12 heteroatoms. The molecule has 7 nitrogen and oxygen atoms in total. The van der Waals surface area contributed by atoms with Crippen LogP contribution in [0.15, 0.2) is 34.6 Å². The molecule has 0 spiro atoms. The summed E-state index contributed by atoms with van der Waals surface area (Å²) in [5.74, 6) is -4.70. The van der Waals surface area contributed by atoms with E-state index in [1.54, 1.807) is 17.5 Å². The minimum absolute atomic E-state index is 0.0264. The number of thiocarbonyl (C=S) groups is 1. The lowest BCUT2D eigenvalue weighted by Crippen LogP contribution is -2.49. The van der Waals surface area contributed by atoms with Crippen molar-refractivity contribution in [2.45, 2.75) is 18.9 Å². The number of thiophene rings is 1. The number of halogens is 2. The van der Waals surface area contributed by atoms with Crippen LogP contribution in [-0.4, -0.2) is 67.9 Å². The van der Waals surface area contributed by atoms with Gasteiger partial charge in [0, 0.05) is 30.9 Å². The molecule has 2 amide bonds. The largest absolute Gasteiger partial charge is 0.481 e. The van der Waals surface area contributed by atoms with Crippen LogP contribution in [0.3, 0.4) is 0 Å². The van der Waals surface area contributed by atoms with E-state index in [2.05, 4.69) is 0 Å². The van der Waals surface area contributed by atoms with Crippen molar-refractivity contribution in [1.82, 2.24) is 9.80 Å². The maximum absolute atomic E-state index is 13.5. The second-order valence-corrected chi connectivity index (χ2v) is 10.7. The first-order valence-corrected chi connectivity index (χ1v) is 12.7.